The van der Waals surface area contributed by atoms with E-state index in [1.165, 1.54) is 11.3 Å². The Bertz CT molecular complexity index is 279. The Labute approximate surface area is 74.2 Å². The Morgan fingerprint density at radius 1 is 1.42 bits per heavy atom. The van der Waals surface area contributed by atoms with Crippen LogP contribution < -0.4 is 5.73 Å². The maximum absolute atomic E-state index is 11.2. The average Bonchev–Trinajstić information content (AvgIpc) is 2.51. The fourth-order valence-electron chi connectivity index (χ4n) is 0.797. The summed E-state index contributed by atoms with van der Waals surface area (Å²) in [5.41, 5.74) is 4.91. The molecule has 1 aromatic heterocycles. The number of carbonyl (C=O) groups is 2. The van der Waals surface area contributed by atoms with Gasteiger partial charge in [-0.1, -0.05) is 6.07 Å². The van der Waals surface area contributed by atoms with Gasteiger partial charge in [0.15, 0.2) is 5.78 Å². The van der Waals surface area contributed by atoms with Gasteiger partial charge in [0.25, 0.3) is 0 Å². The Kier molecular flexibility index (Phi) is 2.99. The molecule has 0 atom stereocenters. The first-order valence-corrected chi connectivity index (χ1v) is 4.43. The van der Waals surface area contributed by atoms with Gasteiger partial charge in [0.1, 0.15) is 0 Å². The fraction of sp³-hybridized carbons (Fsp3) is 0.250. The summed E-state index contributed by atoms with van der Waals surface area (Å²) in [4.78, 5) is 22.3. The molecule has 0 bridgehead atoms. The molecular weight excluding hydrogens is 174 g/mol. The molecule has 0 aliphatic heterocycles. The molecule has 0 saturated carbocycles. The van der Waals surface area contributed by atoms with Gasteiger partial charge in [-0.05, 0) is 11.4 Å². The van der Waals surface area contributed by atoms with E-state index in [4.69, 9.17) is 5.73 Å². The number of rotatable bonds is 4. The quantitative estimate of drug-likeness (QED) is 0.713. The van der Waals surface area contributed by atoms with Gasteiger partial charge in [0.2, 0.25) is 5.91 Å². The minimum Gasteiger partial charge on any atom is -0.370 e. The second-order valence-electron chi connectivity index (χ2n) is 2.37. The highest BCUT2D eigenvalue weighted by molar-refractivity contribution is 7.12. The summed E-state index contributed by atoms with van der Waals surface area (Å²) in [6.45, 7) is 0. The van der Waals surface area contributed by atoms with E-state index >= 15 is 0 Å². The smallest absolute Gasteiger partial charge is 0.217 e. The second kappa shape index (κ2) is 4.01. The van der Waals surface area contributed by atoms with Crippen LogP contribution in [0.15, 0.2) is 17.5 Å². The molecule has 1 heterocycles. The van der Waals surface area contributed by atoms with Gasteiger partial charge in [-0.15, -0.1) is 11.3 Å². The average molecular weight is 183 g/mol. The van der Waals surface area contributed by atoms with E-state index in [1.807, 2.05) is 11.4 Å². The summed E-state index contributed by atoms with van der Waals surface area (Å²) in [5.74, 6) is -0.441. The molecule has 64 valence electrons. The number of Topliss-reactive ketones (excluding diaryl/α,β-unsaturated/α-hetero) is 1. The SMILES string of the molecule is NC(=O)CCC(=O)c1cccs1. The van der Waals surface area contributed by atoms with Crippen LogP contribution in [0.2, 0.25) is 0 Å². The van der Waals surface area contributed by atoms with E-state index in [-0.39, 0.29) is 18.6 Å². The molecule has 0 unspecified atom stereocenters. The zero-order valence-corrected chi connectivity index (χ0v) is 7.26. The first-order chi connectivity index (χ1) is 5.70. The molecule has 2 N–H and O–H groups in total. The fourth-order valence-corrected chi connectivity index (χ4v) is 1.49. The van der Waals surface area contributed by atoms with Crippen molar-refractivity contribution in [2.24, 2.45) is 5.73 Å². The molecule has 12 heavy (non-hydrogen) atoms. The normalized spacial score (nSPS) is 9.67. The highest BCUT2D eigenvalue weighted by Crippen LogP contribution is 2.11. The predicted octanol–water partition coefficient (Wildman–Crippen LogP) is 1.20. The highest BCUT2D eigenvalue weighted by atomic mass is 32.1. The van der Waals surface area contributed by atoms with Crippen LogP contribution in [0.25, 0.3) is 0 Å². The van der Waals surface area contributed by atoms with Gasteiger partial charge in [0.05, 0.1) is 4.88 Å². The largest absolute Gasteiger partial charge is 0.370 e. The van der Waals surface area contributed by atoms with Gasteiger partial charge in [-0.3, -0.25) is 9.59 Å². The minimum absolute atomic E-state index is 0.0104. The van der Waals surface area contributed by atoms with Crippen molar-refractivity contribution >= 4 is 23.0 Å². The van der Waals surface area contributed by atoms with E-state index in [0.717, 1.165) is 0 Å². The maximum Gasteiger partial charge on any atom is 0.217 e. The summed E-state index contributed by atoms with van der Waals surface area (Å²) >= 11 is 1.38. The van der Waals surface area contributed by atoms with E-state index < -0.39 is 5.91 Å². The van der Waals surface area contributed by atoms with Crippen molar-refractivity contribution in [3.63, 3.8) is 0 Å². The molecular formula is C8H9NO2S. The van der Waals surface area contributed by atoms with Crippen LogP contribution in [0.3, 0.4) is 0 Å². The van der Waals surface area contributed by atoms with Crippen LogP contribution in [0.1, 0.15) is 22.5 Å². The first-order valence-electron chi connectivity index (χ1n) is 3.55. The number of nitrogens with two attached hydrogens (primary N) is 1. The number of primary amides is 1. The zero-order chi connectivity index (χ0) is 8.97. The van der Waals surface area contributed by atoms with Crippen molar-refractivity contribution in [1.82, 2.24) is 0 Å². The van der Waals surface area contributed by atoms with Crippen molar-refractivity contribution in [3.8, 4) is 0 Å². The summed E-state index contributed by atoms with van der Waals surface area (Å²) in [7, 11) is 0. The van der Waals surface area contributed by atoms with Crippen LogP contribution in [-0.2, 0) is 4.79 Å². The lowest BCUT2D eigenvalue weighted by atomic mass is 10.2. The molecule has 1 aromatic rings. The Morgan fingerprint density at radius 2 is 2.17 bits per heavy atom. The topological polar surface area (TPSA) is 60.2 Å². The van der Waals surface area contributed by atoms with Crippen molar-refractivity contribution in [2.75, 3.05) is 0 Å². The Hall–Kier alpha value is -1.16. The summed E-state index contributed by atoms with van der Waals surface area (Å²) in [5, 5.41) is 1.83. The molecule has 0 aromatic carbocycles. The molecule has 0 saturated heterocycles. The van der Waals surface area contributed by atoms with Gasteiger partial charge < -0.3 is 5.73 Å². The summed E-state index contributed by atoms with van der Waals surface area (Å²) in [6, 6.07) is 3.55. The van der Waals surface area contributed by atoms with Crippen LogP contribution in [0.4, 0.5) is 0 Å². The molecule has 0 aliphatic carbocycles. The van der Waals surface area contributed by atoms with E-state index in [2.05, 4.69) is 0 Å². The zero-order valence-electron chi connectivity index (χ0n) is 6.45. The second-order valence-corrected chi connectivity index (χ2v) is 3.31. The van der Waals surface area contributed by atoms with Gasteiger partial charge in [-0.25, -0.2) is 0 Å². The Morgan fingerprint density at radius 3 is 2.67 bits per heavy atom. The molecule has 0 aliphatic rings. The molecule has 1 amide bonds. The number of ketones is 1. The molecule has 0 fully saturated rings. The van der Waals surface area contributed by atoms with Gasteiger partial charge in [0, 0.05) is 12.8 Å². The molecule has 0 spiro atoms. The lowest BCUT2D eigenvalue weighted by Crippen LogP contribution is -2.12. The number of amides is 1. The van der Waals surface area contributed by atoms with Crippen molar-refractivity contribution in [3.05, 3.63) is 22.4 Å². The Balaban J connectivity index is 2.45. The predicted molar refractivity (Wildman–Crippen MR) is 47.1 cm³/mol. The van der Waals surface area contributed by atoms with Crippen LogP contribution in [0, 0.1) is 0 Å². The monoisotopic (exact) mass is 183 g/mol. The third kappa shape index (κ3) is 2.47. The summed E-state index contributed by atoms with van der Waals surface area (Å²) in [6.07, 6.45) is 0.354. The van der Waals surface area contributed by atoms with Crippen LogP contribution in [-0.4, -0.2) is 11.7 Å². The minimum atomic E-state index is -0.431. The molecule has 1 rings (SSSR count). The number of hydrogen-bond acceptors (Lipinski definition) is 3. The van der Waals surface area contributed by atoms with Gasteiger partial charge >= 0.3 is 0 Å². The number of thiophene rings is 1. The molecule has 3 nitrogen and oxygen atoms in total. The first kappa shape index (κ1) is 8.93. The summed E-state index contributed by atoms with van der Waals surface area (Å²) < 4.78 is 0. The van der Waals surface area contributed by atoms with E-state index in [0.29, 0.717) is 4.88 Å². The molecule has 4 heteroatoms. The van der Waals surface area contributed by atoms with Gasteiger partial charge in [-0.2, -0.15) is 0 Å². The standard InChI is InChI=1S/C8H9NO2S/c9-8(11)4-3-6(10)7-2-1-5-12-7/h1-2,5H,3-4H2,(H2,9,11). The van der Waals surface area contributed by atoms with Crippen molar-refractivity contribution in [2.45, 2.75) is 12.8 Å². The van der Waals surface area contributed by atoms with Crippen LogP contribution >= 0.6 is 11.3 Å². The van der Waals surface area contributed by atoms with Crippen LogP contribution in [0.5, 0.6) is 0 Å². The maximum atomic E-state index is 11.2. The highest BCUT2D eigenvalue weighted by Gasteiger charge is 2.07. The van der Waals surface area contributed by atoms with E-state index in [1.54, 1.807) is 6.07 Å². The van der Waals surface area contributed by atoms with Crippen molar-refractivity contribution < 1.29 is 9.59 Å². The lowest BCUT2D eigenvalue weighted by molar-refractivity contribution is -0.117. The molecule has 0 radical (unpaired) electrons. The lowest BCUT2D eigenvalue weighted by Gasteiger charge is -1.93. The van der Waals surface area contributed by atoms with Crippen molar-refractivity contribution in [1.29, 1.82) is 0 Å². The third-order valence-electron chi connectivity index (χ3n) is 1.39. The number of carbonyl (C=O) groups excluding carboxylic acids is 2. The number of hydrogen-bond donors (Lipinski definition) is 1. The van der Waals surface area contributed by atoms with E-state index in [9.17, 15) is 9.59 Å². The third-order valence-corrected chi connectivity index (χ3v) is 2.31.